The highest BCUT2D eigenvalue weighted by atomic mass is 16.5. The van der Waals surface area contributed by atoms with E-state index in [9.17, 15) is 14.7 Å². The average Bonchev–Trinajstić information content (AvgIpc) is 2.78. The van der Waals surface area contributed by atoms with Gasteiger partial charge < -0.3 is 9.84 Å². The minimum absolute atomic E-state index is 0.0191. The van der Waals surface area contributed by atoms with E-state index in [2.05, 4.69) is 61.5 Å². The maximum absolute atomic E-state index is 14.4. The molecule has 1 N–H and O–H groups in total. The second kappa shape index (κ2) is 8.18. The molecule has 0 radical (unpaired) electrons. The molecule has 5 rings (SSSR count). The molecule has 0 heterocycles. The molecule has 0 spiro atoms. The fourth-order valence-corrected chi connectivity index (χ4v) is 10.9. The van der Waals surface area contributed by atoms with Gasteiger partial charge in [0, 0.05) is 5.92 Å². The maximum Gasteiger partial charge on any atom is 0.309 e. The first-order valence-corrected chi connectivity index (χ1v) is 15.1. The number of carboxylic acid groups (broad SMARTS) is 1. The predicted octanol–water partition coefficient (Wildman–Crippen LogP) is 7.85. The van der Waals surface area contributed by atoms with E-state index in [0.717, 1.165) is 51.4 Å². The van der Waals surface area contributed by atoms with Crippen LogP contribution >= 0.6 is 0 Å². The average molecular weight is 513 g/mol. The lowest BCUT2D eigenvalue weighted by atomic mass is 9.33. The number of hydrogen-bond donors (Lipinski definition) is 1. The second-order valence-electron chi connectivity index (χ2n) is 16.1. The van der Waals surface area contributed by atoms with Crippen molar-refractivity contribution in [3.8, 4) is 0 Å². The van der Waals surface area contributed by atoms with Gasteiger partial charge in [0.05, 0.1) is 17.6 Å². The van der Waals surface area contributed by atoms with Gasteiger partial charge in [-0.05, 0) is 124 Å². The number of fused-ring (bicyclic) bond motifs is 7. The number of carboxylic acids is 1. The van der Waals surface area contributed by atoms with E-state index in [1.165, 1.54) is 5.57 Å². The summed E-state index contributed by atoms with van der Waals surface area (Å²) in [7, 11) is 0. The number of carbonyl (C=O) groups is 2. The van der Waals surface area contributed by atoms with Gasteiger partial charge in [-0.1, -0.05) is 47.1 Å². The van der Waals surface area contributed by atoms with E-state index in [4.69, 9.17) is 4.74 Å². The van der Waals surface area contributed by atoms with Crippen molar-refractivity contribution in [3.63, 3.8) is 0 Å². The molecule has 5 aliphatic carbocycles. The van der Waals surface area contributed by atoms with E-state index in [1.54, 1.807) is 0 Å². The van der Waals surface area contributed by atoms with Crippen LogP contribution in [0.3, 0.4) is 0 Å². The highest BCUT2D eigenvalue weighted by Gasteiger charge is 2.70. The van der Waals surface area contributed by atoms with Crippen molar-refractivity contribution < 1.29 is 19.4 Å². The summed E-state index contributed by atoms with van der Waals surface area (Å²) in [5.41, 5.74) is 0.525. The SMILES string of the molecule is CC(C)O[C@H]1CC[C@@]2(C)C(CC[C@]3(C)C2C(=O)C=C2[C@@H]4C[C@@](C)(C(=O)O)CC[C@]4(C)CC[C@]23C)C1(C)C. The Morgan fingerprint density at radius 1 is 0.946 bits per heavy atom. The Morgan fingerprint density at radius 3 is 2.22 bits per heavy atom. The smallest absolute Gasteiger partial charge is 0.309 e. The van der Waals surface area contributed by atoms with Crippen molar-refractivity contribution in [2.45, 2.75) is 132 Å². The monoisotopic (exact) mass is 512 g/mol. The van der Waals surface area contributed by atoms with Gasteiger partial charge in [0.2, 0.25) is 0 Å². The van der Waals surface area contributed by atoms with Crippen LogP contribution in [0, 0.1) is 50.2 Å². The normalized spacial score (nSPS) is 50.9. The molecule has 9 atom stereocenters. The number of aliphatic carboxylic acids is 1. The van der Waals surface area contributed by atoms with Crippen LogP contribution in [0.1, 0.15) is 120 Å². The zero-order valence-corrected chi connectivity index (χ0v) is 25.0. The quantitative estimate of drug-likeness (QED) is 0.418. The topological polar surface area (TPSA) is 63.6 Å². The first-order chi connectivity index (χ1) is 16.9. The molecular weight excluding hydrogens is 460 g/mol. The Hall–Kier alpha value is -1.16. The lowest BCUT2D eigenvalue weighted by Crippen LogP contribution is -2.66. The molecule has 0 aromatic carbocycles. The van der Waals surface area contributed by atoms with Gasteiger partial charge in [-0.3, -0.25) is 9.59 Å². The van der Waals surface area contributed by atoms with Gasteiger partial charge in [0.15, 0.2) is 5.78 Å². The number of carbonyl (C=O) groups excluding carboxylic acids is 1. The molecule has 0 amide bonds. The minimum atomic E-state index is -0.702. The van der Waals surface area contributed by atoms with Gasteiger partial charge >= 0.3 is 5.97 Å². The largest absolute Gasteiger partial charge is 0.481 e. The van der Waals surface area contributed by atoms with Gasteiger partial charge in [-0.15, -0.1) is 0 Å². The van der Waals surface area contributed by atoms with Crippen molar-refractivity contribution in [2.24, 2.45) is 50.2 Å². The van der Waals surface area contributed by atoms with Gasteiger partial charge in [-0.25, -0.2) is 0 Å². The Morgan fingerprint density at radius 2 is 1.59 bits per heavy atom. The highest BCUT2D eigenvalue weighted by Crippen LogP contribution is 2.75. The van der Waals surface area contributed by atoms with Crippen molar-refractivity contribution in [3.05, 3.63) is 11.6 Å². The molecule has 2 unspecified atom stereocenters. The van der Waals surface area contributed by atoms with Gasteiger partial charge in [0.25, 0.3) is 0 Å². The summed E-state index contributed by atoms with van der Waals surface area (Å²) in [5, 5.41) is 10.1. The van der Waals surface area contributed by atoms with E-state index in [0.29, 0.717) is 18.1 Å². The van der Waals surface area contributed by atoms with Crippen molar-refractivity contribution >= 4 is 11.8 Å². The summed E-state index contributed by atoms with van der Waals surface area (Å²) in [4.78, 5) is 26.7. The van der Waals surface area contributed by atoms with E-state index in [1.807, 2.05) is 6.92 Å². The van der Waals surface area contributed by atoms with Crippen molar-refractivity contribution in [1.82, 2.24) is 0 Å². The Kier molecular flexibility index (Phi) is 6.06. The van der Waals surface area contributed by atoms with Crippen molar-refractivity contribution in [2.75, 3.05) is 0 Å². The number of ether oxygens (including phenoxy) is 1. The third kappa shape index (κ3) is 3.55. The molecule has 4 heteroatoms. The third-order valence-electron chi connectivity index (χ3n) is 13.5. The molecule has 4 saturated carbocycles. The first-order valence-electron chi connectivity index (χ1n) is 15.1. The zero-order valence-electron chi connectivity index (χ0n) is 25.0. The van der Waals surface area contributed by atoms with Crippen LogP contribution in [0.2, 0.25) is 0 Å². The Bertz CT molecular complexity index is 1030. The van der Waals surface area contributed by atoms with Crippen LogP contribution in [-0.4, -0.2) is 29.1 Å². The molecule has 4 fully saturated rings. The Balaban J connectivity index is 1.57. The fourth-order valence-electron chi connectivity index (χ4n) is 10.9. The summed E-state index contributed by atoms with van der Waals surface area (Å²) in [5.74, 6) is 0.305. The summed E-state index contributed by atoms with van der Waals surface area (Å²) >= 11 is 0. The van der Waals surface area contributed by atoms with Gasteiger partial charge in [0.1, 0.15) is 0 Å². The highest BCUT2D eigenvalue weighted by molar-refractivity contribution is 5.95. The van der Waals surface area contributed by atoms with E-state index >= 15 is 0 Å². The molecule has 0 saturated heterocycles. The number of hydrogen-bond acceptors (Lipinski definition) is 3. The minimum Gasteiger partial charge on any atom is -0.481 e. The number of allylic oxidation sites excluding steroid dienone is 2. The lowest BCUT2D eigenvalue weighted by Gasteiger charge is -2.70. The predicted molar refractivity (Wildman–Crippen MR) is 147 cm³/mol. The number of ketones is 1. The molecule has 4 nitrogen and oxygen atoms in total. The van der Waals surface area contributed by atoms with Crippen LogP contribution in [0.15, 0.2) is 11.6 Å². The van der Waals surface area contributed by atoms with Crippen LogP contribution in [-0.2, 0) is 14.3 Å². The van der Waals surface area contributed by atoms with Crippen molar-refractivity contribution in [1.29, 1.82) is 0 Å². The third-order valence-corrected chi connectivity index (χ3v) is 13.5. The molecule has 208 valence electrons. The standard InChI is InChI=1S/C33H52O4/c1-20(2)37-25-11-12-31(7)24(28(25,3)4)10-13-33(9)26(31)23(34)18-21-22-19-30(6,27(35)36)15-14-29(22,5)16-17-32(21,33)8/h18,20,22,24-26H,10-17,19H2,1-9H3,(H,35,36)/t22-,24?,25-,26?,29+,30-,31-,32+,33+/m0/s1. The number of rotatable bonds is 3. The molecule has 0 aromatic heterocycles. The molecule has 0 aromatic rings. The van der Waals surface area contributed by atoms with Crippen LogP contribution in [0.5, 0.6) is 0 Å². The lowest BCUT2D eigenvalue weighted by molar-refractivity contribution is -0.214. The molecule has 0 aliphatic heterocycles. The Labute approximate surface area is 225 Å². The summed E-state index contributed by atoms with van der Waals surface area (Å²) < 4.78 is 6.46. The summed E-state index contributed by atoms with van der Waals surface area (Å²) in [6, 6.07) is 0. The zero-order chi connectivity index (χ0) is 27.4. The molecule has 5 aliphatic rings. The van der Waals surface area contributed by atoms with Gasteiger partial charge in [-0.2, -0.15) is 0 Å². The fraction of sp³-hybridized carbons (Fsp3) is 0.879. The van der Waals surface area contributed by atoms with Crippen LogP contribution in [0.25, 0.3) is 0 Å². The summed E-state index contributed by atoms with van der Waals surface area (Å²) in [6.45, 7) is 20.7. The van der Waals surface area contributed by atoms with Crippen LogP contribution < -0.4 is 0 Å². The molecule has 0 bridgehead atoms. The maximum atomic E-state index is 14.4. The van der Waals surface area contributed by atoms with Crippen LogP contribution in [0.4, 0.5) is 0 Å². The molecule has 37 heavy (non-hydrogen) atoms. The second-order valence-corrected chi connectivity index (χ2v) is 16.1. The first kappa shape index (κ1) is 27.4. The summed E-state index contributed by atoms with van der Waals surface area (Å²) in [6.07, 6.45) is 11.4. The van der Waals surface area contributed by atoms with E-state index < -0.39 is 11.4 Å². The van der Waals surface area contributed by atoms with E-state index in [-0.39, 0.29) is 51.1 Å². The molecular formula is C33H52O4.